The van der Waals surface area contributed by atoms with Gasteiger partial charge >= 0.3 is 0 Å². The van der Waals surface area contributed by atoms with Crippen molar-refractivity contribution in [3.05, 3.63) is 47.0 Å². The van der Waals surface area contributed by atoms with Crippen LogP contribution in [0.1, 0.15) is 19.4 Å². The third kappa shape index (κ3) is 4.87. The Morgan fingerprint density at radius 3 is 2.77 bits per heavy atom. The second-order valence-electron chi connectivity index (χ2n) is 7.13. The van der Waals surface area contributed by atoms with Gasteiger partial charge in [-0.2, -0.15) is 4.98 Å². The van der Waals surface area contributed by atoms with Gasteiger partial charge in [0.05, 0.1) is 23.8 Å². The van der Waals surface area contributed by atoms with E-state index in [4.69, 9.17) is 25.6 Å². The molecule has 3 aromatic rings. The number of nitrogens with one attached hydrogen (secondary N) is 1. The lowest BCUT2D eigenvalue weighted by atomic mass is 10.1. The van der Waals surface area contributed by atoms with Crippen LogP contribution in [0.2, 0.25) is 5.02 Å². The number of hydrogen-bond donors (Lipinski definition) is 2. The number of aliphatic hydroxyl groups is 1. The Hall–Kier alpha value is -2.32. The minimum Gasteiger partial charge on any atom is -0.492 e. The zero-order valence-electron chi connectivity index (χ0n) is 16.6. The molecule has 4 rings (SSSR count). The van der Waals surface area contributed by atoms with Crippen LogP contribution < -0.4 is 14.8 Å². The molecule has 1 aliphatic rings. The topological polar surface area (TPSA) is 89.6 Å². The standard InChI is InChI=1S/C21H22ClN3O4.ClH/c1-12(2)28-19-6-4-14(8-17(19)22)21-24-20(25-29-21)13-3-5-18-15(7-13)9-23-16(10-26)11-27-18;/h3-8,12,16,23,26H,9-11H2,1-2H3;1H. The fourth-order valence-electron chi connectivity index (χ4n) is 3.06. The summed E-state index contributed by atoms with van der Waals surface area (Å²) in [5, 5.41) is 17.2. The predicted octanol–water partition coefficient (Wildman–Crippen LogP) is 4.11. The van der Waals surface area contributed by atoms with Crippen LogP contribution in [0.5, 0.6) is 11.5 Å². The number of aromatic nitrogens is 2. The van der Waals surface area contributed by atoms with Crippen molar-refractivity contribution in [1.82, 2.24) is 15.5 Å². The molecular formula is C21H23Cl2N3O4. The van der Waals surface area contributed by atoms with E-state index < -0.39 is 0 Å². The number of fused-ring (bicyclic) bond motifs is 1. The molecule has 1 unspecified atom stereocenters. The van der Waals surface area contributed by atoms with Gasteiger partial charge in [-0.15, -0.1) is 12.4 Å². The Labute approximate surface area is 185 Å². The summed E-state index contributed by atoms with van der Waals surface area (Å²) in [6.45, 7) is 4.93. The minimum atomic E-state index is -0.0879. The van der Waals surface area contributed by atoms with E-state index in [0.717, 1.165) is 22.4 Å². The number of rotatable bonds is 5. The van der Waals surface area contributed by atoms with Crippen molar-refractivity contribution < 1.29 is 19.1 Å². The first kappa shape index (κ1) is 22.4. The third-order valence-corrected chi connectivity index (χ3v) is 4.82. The molecule has 9 heteroatoms. The molecule has 0 amide bonds. The molecular weight excluding hydrogens is 429 g/mol. The molecule has 2 aromatic carbocycles. The molecule has 0 aliphatic carbocycles. The summed E-state index contributed by atoms with van der Waals surface area (Å²) in [6.07, 6.45) is 0.0349. The maximum absolute atomic E-state index is 9.33. The van der Waals surface area contributed by atoms with Gasteiger partial charge < -0.3 is 24.4 Å². The van der Waals surface area contributed by atoms with Gasteiger partial charge in [0.25, 0.3) is 5.89 Å². The van der Waals surface area contributed by atoms with Crippen LogP contribution >= 0.6 is 24.0 Å². The van der Waals surface area contributed by atoms with Gasteiger partial charge in [0.1, 0.15) is 18.1 Å². The molecule has 0 saturated carbocycles. The zero-order chi connectivity index (χ0) is 20.4. The summed E-state index contributed by atoms with van der Waals surface area (Å²) in [5.41, 5.74) is 2.51. The zero-order valence-corrected chi connectivity index (χ0v) is 18.2. The van der Waals surface area contributed by atoms with E-state index in [9.17, 15) is 5.11 Å². The molecule has 160 valence electrons. The van der Waals surface area contributed by atoms with Crippen molar-refractivity contribution in [3.63, 3.8) is 0 Å². The second-order valence-corrected chi connectivity index (χ2v) is 7.54. The van der Waals surface area contributed by atoms with Crippen LogP contribution in [0.4, 0.5) is 0 Å². The molecule has 2 heterocycles. The van der Waals surface area contributed by atoms with Crippen LogP contribution in [0.25, 0.3) is 22.8 Å². The third-order valence-electron chi connectivity index (χ3n) is 4.53. The Kier molecular flexibility index (Phi) is 7.20. The maximum atomic E-state index is 9.33. The minimum absolute atomic E-state index is 0. The summed E-state index contributed by atoms with van der Waals surface area (Å²) in [7, 11) is 0. The monoisotopic (exact) mass is 451 g/mol. The van der Waals surface area contributed by atoms with Crippen molar-refractivity contribution in [3.8, 4) is 34.3 Å². The smallest absolute Gasteiger partial charge is 0.258 e. The lowest BCUT2D eigenvalue weighted by Crippen LogP contribution is -2.35. The van der Waals surface area contributed by atoms with Gasteiger partial charge in [0.15, 0.2) is 0 Å². The first-order valence-electron chi connectivity index (χ1n) is 9.44. The highest BCUT2D eigenvalue weighted by Gasteiger charge is 2.18. The van der Waals surface area contributed by atoms with E-state index in [1.54, 1.807) is 12.1 Å². The molecule has 30 heavy (non-hydrogen) atoms. The first-order chi connectivity index (χ1) is 14.0. The maximum Gasteiger partial charge on any atom is 0.258 e. The fraction of sp³-hybridized carbons (Fsp3) is 0.333. The van der Waals surface area contributed by atoms with Crippen molar-refractivity contribution in [2.24, 2.45) is 0 Å². The van der Waals surface area contributed by atoms with Crippen LogP contribution in [-0.2, 0) is 6.54 Å². The van der Waals surface area contributed by atoms with E-state index >= 15 is 0 Å². The summed E-state index contributed by atoms with van der Waals surface area (Å²) in [5.74, 6) is 2.25. The van der Waals surface area contributed by atoms with E-state index in [-0.39, 0.29) is 31.2 Å². The van der Waals surface area contributed by atoms with Gasteiger partial charge in [0, 0.05) is 23.2 Å². The summed E-state index contributed by atoms with van der Waals surface area (Å²) in [6, 6.07) is 11.0. The molecule has 0 saturated heterocycles. The average Bonchev–Trinajstić information content (AvgIpc) is 3.11. The number of benzene rings is 2. The fourth-order valence-corrected chi connectivity index (χ4v) is 3.28. The number of aliphatic hydroxyl groups excluding tert-OH is 1. The molecule has 0 spiro atoms. The van der Waals surface area contributed by atoms with Gasteiger partial charge in [-0.1, -0.05) is 16.8 Å². The summed E-state index contributed by atoms with van der Waals surface area (Å²) >= 11 is 6.31. The van der Waals surface area contributed by atoms with Crippen LogP contribution in [0, 0.1) is 0 Å². The number of hydrogen-bond acceptors (Lipinski definition) is 7. The molecule has 7 nitrogen and oxygen atoms in total. The Morgan fingerprint density at radius 1 is 1.23 bits per heavy atom. The van der Waals surface area contributed by atoms with E-state index in [1.165, 1.54) is 0 Å². The van der Waals surface area contributed by atoms with Crippen molar-refractivity contribution in [1.29, 1.82) is 0 Å². The Morgan fingerprint density at radius 2 is 2.03 bits per heavy atom. The normalized spacial score (nSPS) is 15.7. The largest absolute Gasteiger partial charge is 0.492 e. The van der Waals surface area contributed by atoms with Gasteiger partial charge in [-0.3, -0.25) is 0 Å². The molecule has 0 fully saturated rings. The van der Waals surface area contributed by atoms with Crippen molar-refractivity contribution >= 4 is 24.0 Å². The van der Waals surface area contributed by atoms with Crippen LogP contribution in [-0.4, -0.2) is 40.6 Å². The highest BCUT2D eigenvalue weighted by atomic mass is 35.5. The van der Waals surface area contributed by atoms with Crippen molar-refractivity contribution in [2.45, 2.75) is 32.5 Å². The lowest BCUT2D eigenvalue weighted by Gasteiger charge is -2.11. The van der Waals surface area contributed by atoms with Crippen LogP contribution in [0.15, 0.2) is 40.9 Å². The first-order valence-corrected chi connectivity index (χ1v) is 9.82. The Balaban J connectivity index is 0.00000256. The van der Waals surface area contributed by atoms with Crippen molar-refractivity contribution in [2.75, 3.05) is 13.2 Å². The number of nitrogens with zero attached hydrogens (tertiary/aromatic N) is 2. The molecule has 1 aromatic heterocycles. The van der Waals surface area contributed by atoms with Gasteiger partial charge in [0.2, 0.25) is 5.82 Å². The molecule has 1 aliphatic heterocycles. The highest BCUT2D eigenvalue weighted by Crippen LogP contribution is 2.32. The summed E-state index contributed by atoms with van der Waals surface area (Å²) in [4.78, 5) is 4.51. The quantitative estimate of drug-likeness (QED) is 0.602. The SMILES string of the molecule is CC(C)Oc1ccc(-c2nc(-c3ccc4c(c3)CNC(CO)CO4)no2)cc1Cl.Cl. The summed E-state index contributed by atoms with van der Waals surface area (Å²) < 4.78 is 16.9. The second kappa shape index (κ2) is 9.66. The number of ether oxygens (including phenoxy) is 2. The highest BCUT2D eigenvalue weighted by molar-refractivity contribution is 6.32. The lowest BCUT2D eigenvalue weighted by molar-refractivity contribution is 0.191. The molecule has 0 bridgehead atoms. The van der Waals surface area contributed by atoms with Gasteiger partial charge in [-0.25, -0.2) is 0 Å². The Bertz CT molecular complexity index is 1010. The average molecular weight is 452 g/mol. The van der Waals surface area contributed by atoms with E-state index in [1.807, 2.05) is 38.1 Å². The van der Waals surface area contributed by atoms with E-state index in [2.05, 4.69) is 15.5 Å². The molecule has 0 radical (unpaired) electrons. The molecule has 2 N–H and O–H groups in total. The molecule has 1 atom stereocenters. The number of halogens is 2. The van der Waals surface area contributed by atoms with Gasteiger partial charge in [-0.05, 0) is 50.2 Å². The van der Waals surface area contributed by atoms with Crippen LogP contribution in [0.3, 0.4) is 0 Å². The van der Waals surface area contributed by atoms with E-state index in [0.29, 0.717) is 35.6 Å². The predicted molar refractivity (Wildman–Crippen MR) is 116 cm³/mol.